The Morgan fingerprint density at radius 3 is 2.47 bits per heavy atom. The molecule has 1 aliphatic carbocycles. The summed E-state index contributed by atoms with van der Waals surface area (Å²) in [6, 6.07) is 4.23. The number of hydrogen-bond donors (Lipinski definition) is 1. The highest BCUT2D eigenvalue weighted by Gasteiger charge is 2.31. The average Bonchev–Trinajstić information content (AvgIpc) is 3.24. The molecule has 1 aliphatic heterocycles. The highest BCUT2D eigenvalue weighted by Crippen LogP contribution is 2.38. The number of carbonyl (C=O) groups is 1. The van der Waals surface area contributed by atoms with Gasteiger partial charge in [-0.3, -0.25) is 9.48 Å². The third kappa shape index (κ3) is 5.15. The number of fused-ring (bicyclic) bond motifs is 1. The highest BCUT2D eigenvalue weighted by atomic mass is 32.2. The summed E-state index contributed by atoms with van der Waals surface area (Å²) in [7, 11) is 4.87. The number of carbonyl (C=O) groups excluding carboxylic acids is 1. The van der Waals surface area contributed by atoms with Crippen LogP contribution in [0.25, 0.3) is 0 Å². The number of thioether (sulfide) groups is 1. The lowest BCUT2D eigenvalue weighted by molar-refractivity contribution is 0.0764. The van der Waals surface area contributed by atoms with Crippen LogP contribution in [-0.2, 0) is 25.9 Å². The molecule has 0 radical (unpaired) electrons. The quantitative estimate of drug-likeness (QED) is 0.581. The molecule has 2 heterocycles. The molecule has 1 fully saturated rings. The third-order valence-electron chi connectivity index (χ3n) is 6.60. The van der Waals surface area contributed by atoms with Crippen molar-refractivity contribution < 1.29 is 19.0 Å². The molecule has 1 atom stereocenters. The molecule has 2 aliphatic rings. The van der Waals surface area contributed by atoms with Crippen molar-refractivity contribution in [1.29, 1.82) is 0 Å². The maximum absolute atomic E-state index is 13.4. The van der Waals surface area contributed by atoms with E-state index in [0.717, 1.165) is 68.0 Å². The first kappa shape index (κ1) is 24.7. The monoisotopic (exact) mass is 488 g/mol. The van der Waals surface area contributed by atoms with Crippen molar-refractivity contribution in [1.82, 2.24) is 20.0 Å². The van der Waals surface area contributed by atoms with Gasteiger partial charge in [0.1, 0.15) is 0 Å². The van der Waals surface area contributed by atoms with Gasteiger partial charge in [0.2, 0.25) is 5.75 Å². The molecule has 34 heavy (non-hydrogen) atoms. The number of aromatic nitrogens is 2. The van der Waals surface area contributed by atoms with Crippen LogP contribution in [0.15, 0.2) is 12.1 Å². The van der Waals surface area contributed by atoms with E-state index in [0.29, 0.717) is 29.5 Å². The Hall–Kier alpha value is -2.39. The molecule has 1 saturated heterocycles. The number of methoxy groups -OCH3 is 3. The summed E-state index contributed by atoms with van der Waals surface area (Å²) >= 11 is 1.91. The topological polar surface area (TPSA) is 77.9 Å². The fourth-order valence-electron chi connectivity index (χ4n) is 4.85. The second kappa shape index (κ2) is 11.4. The Morgan fingerprint density at radius 1 is 1.15 bits per heavy atom. The standard InChI is InChI=1S/C25H36N4O4S/c1-5-8-29-20-7-6-18(15-19(20)23(27-29)25(30)28-9-11-34-12-10-28)26-16-17-13-21(31-2)24(33-4)22(14-17)32-3/h13-14,18,26H,5-12,15-16H2,1-4H3. The Labute approximate surface area is 206 Å². The van der Waals surface area contributed by atoms with Gasteiger partial charge in [0, 0.05) is 55.0 Å². The number of amides is 1. The van der Waals surface area contributed by atoms with Gasteiger partial charge in [0.15, 0.2) is 17.2 Å². The predicted octanol–water partition coefficient (Wildman–Crippen LogP) is 3.16. The van der Waals surface area contributed by atoms with Gasteiger partial charge < -0.3 is 24.4 Å². The van der Waals surface area contributed by atoms with Crippen LogP contribution in [-0.4, -0.2) is 72.6 Å². The molecule has 1 aromatic carbocycles. The second-order valence-electron chi connectivity index (χ2n) is 8.76. The minimum absolute atomic E-state index is 0.0941. The summed E-state index contributed by atoms with van der Waals surface area (Å²) < 4.78 is 18.5. The fourth-order valence-corrected chi connectivity index (χ4v) is 5.75. The summed E-state index contributed by atoms with van der Waals surface area (Å²) in [6.07, 6.45) is 3.76. The van der Waals surface area contributed by atoms with Gasteiger partial charge in [0.05, 0.1) is 21.3 Å². The second-order valence-corrected chi connectivity index (χ2v) is 9.98. The number of nitrogens with one attached hydrogen (secondary N) is 1. The minimum Gasteiger partial charge on any atom is -0.493 e. The van der Waals surface area contributed by atoms with E-state index in [1.807, 2.05) is 28.8 Å². The molecule has 2 aromatic rings. The zero-order chi connectivity index (χ0) is 24.1. The number of rotatable bonds is 9. The molecule has 4 rings (SSSR count). The molecule has 1 unspecified atom stereocenters. The van der Waals surface area contributed by atoms with Crippen LogP contribution < -0.4 is 19.5 Å². The lowest BCUT2D eigenvalue weighted by Gasteiger charge is -2.27. The summed E-state index contributed by atoms with van der Waals surface area (Å²) in [4.78, 5) is 15.3. The summed E-state index contributed by atoms with van der Waals surface area (Å²) in [5.41, 5.74) is 4.09. The Morgan fingerprint density at radius 2 is 1.85 bits per heavy atom. The summed E-state index contributed by atoms with van der Waals surface area (Å²) in [6.45, 7) is 5.30. The van der Waals surface area contributed by atoms with E-state index in [-0.39, 0.29) is 11.9 Å². The zero-order valence-corrected chi connectivity index (χ0v) is 21.5. The average molecular weight is 489 g/mol. The van der Waals surface area contributed by atoms with E-state index in [2.05, 4.69) is 16.9 Å². The van der Waals surface area contributed by atoms with Gasteiger partial charge in [0.25, 0.3) is 5.91 Å². The Bertz CT molecular complexity index is 978. The van der Waals surface area contributed by atoms with Crippen LogP contribution in [0, 0.1) is 0 Å². The predicted molar refractivity (Wildman–Crippen MR) is 134 cm³/mol. The van der Waals surface area contributed by atoms with Gasteiger partial charge in [-0.15, -0.1) is 0 Å². The SMILES string of the molecule is CCCn1nc(C(=O)N2CCSCC2)c2c1CCC(NCc1cc(OC)c(OC)c(OC)c1)C2. The van der Waals surface area contributed by atoms with E-state index in [4.69, 9.17) is 19.3 Å². The molecule has 1 aromatic heterocycles. The summed E-state index contributed by atoms with van der Waals surface area (Å²) in [5, 5.41) is 8.51. The molecular formula is C25H36N4O4S. The Balaban J connectivity index is 1.51. The van der Waals surface area contributed by atoms with Crippen LogP contribution in [0.4, 0.5) is 0 Å². The van der Waals surface area contributed by atoms with Gasteiger partial charge in [-0.05, 0) is 43.4 Å². The molecule has 0 bridgehead atoms. The fraction of sp³-hybridized carbons (Fsp3) is 0.600. The lowest BCUT2D eigenvalue weighted by Crippen LogP contribution is -2.39. The van der Waals surface area contributed by atoms with Crippen molar-refractivity contribution in [3.05, 3.63) is 34.6 Å². The lowest BCUT2D eigenvalue weighted by atomic mass is 9.90. The van der Waals surface area contributed by atoms with Gasteiger partial charge >= 0.3 is 0 Å². The van der Waals surface area contributed by atoms with Gasteiger partial charge in [-0.1, -0.05) is 6.92 Å². The van der Waals surface area contributed by atoms with Crippen molar-refractivity contribution >= 4 is 17.7 Å². The summed E-state index contributed by atoms with van der Waals surface area (Å²) in [5.74, 6) is 4.00. The smallest absolute Gasteiger partial charge is 0.274 e. The molecule has 1 N–H and O–H groups in total. The van der Waals surface area contributed by atoms with E-state index in [1.54, 1.807) is 21.3 Å². The van der Waals surface area contributed by atoms with Crippen molar-refractivity contribution in [2.45, 2.75) is 51.7 Å². The first-order valence-corrected chi connectivity index (χ1v) is 13.2. The number of aryl methyl sites for hydroxylation is 1. The normalized spacial score (nSPS) is 17.9. The van der Waals surface area contributed by atoms with Crippen LogP contribution >= 0.6 is 11.8 Å². The maximum Gasteiger partial charge on any atom is 0.274 e. The molecule has 0 saturated carbocycles. The van der Waals surface area contributed by atoms with Crippen molar-refractivity contribution in [2.24, 2.45) is 0 Å². The first-order valence-electron chi connectivity index (χ1n) is 12.1. The van der Waals surface area contributed by atoms with Gasteiger partial charge in [-0.2, -0.15) is 16.9 Å². The molecule has 186 valence electrons. The number of hydrogen-bond acceptors (Lipinski definition) is 7. The van der Waals surface area contributed by atoms with E-state index < -0.39 is 0 Å². The minimum atomic E-state index is 0.0941. The van der Waals surface area contributed by atoms with Gasteiger partial charge in [-0.25, -0.2) is 0 Å². The zero-order valence-electron chi connectivity index (χ0n) is 20.7. The van der Waals surface area contributed by atoms with Crippen LogP contribution in [0.2, 0.25) is 0 Å². The molecule has 0 spiro atoms. The Kier molecular flexibility index (Phi) is 8.26. The van der Waals surface area contributed by atoms with Crippen LogP contribution in [0.1, 0.15) is 47.1 Å². The van der Waals surface area contributed by atoms with Crippen molar-refractivity contribution in [3.63, 3.8) is 0 Å². The van der Waals surface area contributed by atoms with Crippen LogP contribution in [0.5, 0.6) is 17.2 Å². The molecule has 9 heteroatoms. The molecule has 8 nitrogen and oxygen atoms in total. The number of nitrogens with zero attached hydrogens (tertiary/aromatic N) is 3. The van der Waals surface area contributed by atoms with E-state index in [9.17, 15) is 4.79 Å². The number of ether oxygens (including phenoxy) is 3. The van der Waals surface area contributed by atoms with Crippen LogP contribution in [0.3, 0.4) is 0 Å². The largest absolute Gasteiger partial charge is 0.493 e. The molecule has 1 amide bonds. The number of benzene rings is 1. The molecular weight excluding hydrogens is 452 g/mol. The van der Waals surface area contributed by atoms with E-state index >= 15 is 0 Å². The van der Waals surface area contributed by atoms with E-state index in [1.165, 1.54) is 5.69 Å². The van der Waals surface area contributed by atoms with Crippen molar-refractivity contribution in [2.75, 3.05) is 45.9 Å². The highest BCUT2D eigenvalue weighted by molar-refractivity contribution is 7.99. The van der Waals surface area contributed by atoms with Crippen molar-refractivity contribution in [3.8, 4) is 17.2 Å². The first-order chi connectivity index (χ1) is 16.6. The third-order valence-corrected chi connectivity index (χ3v) is 7.54. The maximum atomic E-state index is 13.4.